The number of hydrogen-bond acceptors (Lipinski definition) is 3. The Labute approximate surface area is 120 Å². The molecule has 3 nitrogen and oxygen atoms in total. The first kappa shape index (κ1) is 14.6. The van der Waals surface area contributed by atoms with Crippen LogP contribution >= 0.6 is 0 Å². The summed E-state index contributed by atoms with van der Waals surface area (Å²) in [7, 11) is 1.67. The van der Waals surface area contributed by atoms with Crippen LogP contribution in [0.5, 0.6) is 0 Å². The molecular weight excluding hydrogens is 248 g/mol. The molecule has 20 heavy (non-hydrogen) atoms. The van der Waals surface area contributed by atoms with Gasteiger partial charge in [-0.05, 0) is 23.6 Å². The Morgan fingerprint density at radius 2 is 1.75 bits per heavy atom. The Morgan fingerprint density at radius 1 is 1.05 bits per heavy atom. The summed E-state index contributed by atoms with van der Waals surface area (Å²) in [6.07, 6.45) is 0.920. The van der Waals surface area contributed by atoms with Crippen LogP contribution in [0.3, 0.4) is 0 Å². The predicted octanol–water partition coefficient (Wildman–Crippen LogP) is 2.66. The van der Waals surface area contributed by atoms with Gasteiger partial charge in [0.2, 0.25) is 0 Å². The second kappa shape index (κ2) is 7.68. The molecule has 3 N–H and O–H groups in total. The molecule has 0 aliphatic rings. The van der Waals surface area contributed by atoms with Crippen LogP contribution in [0.4, 0.5) is 5.69 Å². The molecule has 0 aliphatic heterocycles. The van der Waals surface area contributed by atoms with Gasteiger partial charge in [-0.2, -0.15) is 0 Å². The predicted molar refractivity (Wildman–Crippen MR) is 84.0 cm³/mol. The zero-order chi connectivity index (χ0) is 14.2. The highest BCUT2D eigenvalue weighted by molar-refractivity contribution is 5.52. The van der Waals surface area contributed by atoms with Crippen LogP contribution in [0.1, 0.15) is 11.1 Å². The number of rotatable bonds is 7. The number of nitrogens with two attached hydrogens (primary N) is 1. The summed E-state index contributed by atoms with van der Waals surface area (Å²) in [5.41, 5.74) is 9.68. The second-order valence-electron chi connectivity index (χ2n) is 4.92. The third kappa shape index (κ3) is 4.37. The van der Waals surface area contributed by atoms with Gasteiger partial charge in [-0.15, -0.1) is 0 Å². The van der Waals surface area contributed by atoms with Gasteiger partial charge in [0.1, 0.15) is 0 Å². The summed E-state index contributed by atoms with van der Waals surface area (Å²) < 4.78 is 5.05. The summed E-state index contributed by atoms with van der Waals surface area (Å²) in [5.74, 6) is 0. The Bertz CT molecular complexity index is 513. The van der Waals surface area contributed by atoms with Crippen LogP contribution < -0.4 is 11.1 Å². The quantitative estimate of drug-likeness (QED) is 0.813. The number of para-hydroxylation sites is 1. The molecule has 0 amide bonds. The van der Waals surface area contributed by atoms with Crippen LogP contribution in [0.2, 0.25) is 0 Å². The fourth-order valence-electron chi connectivity index (χ4n) is 2.18. The molecule has 0 aliphatic carbocycles. The van der Waals surface area contributed by atoms with E-state index in [0.29, 0.717) is 13.2 Å². The fourth-order valence-corrected chi connectivity index (χ4v) is 2.18. The molecule has 2 rings (SSSR count). The number of ether oxygens (including phenoxy) is 1. The van der Waals surface area contributed by atoms with Crippen molar-refractivity contribution in [2.45, 2.75) is 12.5 Å². The van der Waals surface area contributed by atoms with Crippen molar-refractivity contribution in [3.05, 3.63) is 65.7 Å². The Hall–Kier alpha value is -1.84. The van der Waals surface area contributed by atoms with Crippen molar-refractivity contribution in [1.29, 1.82) is 0 Å². The summed E-state index contributed by atoms with van der Waals surface area (Å²) in [6, 6.07) is 18.8. The molecule has 0 radical (unpaired) electrons. The molecule has 0 fully saturated rings. The molecule has 1 unspecified atom stereocenters. The lowest BCUT2D eigenvalue weighted by Gasteiger charge is -2.15. The van der Waals surface area contributed by atoms with Crippen molar-refractivity contribution >= 4 is 5.69 Å². The monoisotopic (exact) mass is 270 g/mol. The number of benzene rings is 2. The average molecular weight is 270 g/mol. The molecule has 2 aromatic rings. The second-order valence-corrected chi connectivity index (χ2v) is 4.92. The first-order valence-electron chi connectivity index (χ1n) is 6.90. The first-order chi connectivity index (χ1) is 9.79. The van der Waals surface area contributed by atoms with Crippen LogP contribution in [0.25, 0.3) is 0 Å². The van der Waals surface area contributed by atoms with Crippen LogP contribution in [-0.4, -0.2) is 26.3 Å². The third-order valence-corrected chi connectivity index (χ3v) is 3.19. The molecule has 3 heteroatoms. The number of nitrogens with one attached hydrogen (secondary N) is 1. The van der Waals surface area contributed by atoms with Gasteiger partial charge in [-0.1, -0.05) is 48.5 Å². The molecule has 0 saturated carbocycles. The fraction of sp³-hybridized carbons (Fsp3) is 0.294. The highest BCUT2D eigenvalue weighted by Gasteiger charge is 2.05. The molecular formula is C17H22N2O. The minimum Gasteiger partial charge on any atom is -0.383 e. The van der Waals surface area contributed by atoms with E-state index in [9.17, 15) is 0 Å². The van der Waals surface area contributed by atoms with Gasteiger partial charge in [0, 0.05) is 25.4 Å². The highest BCUT2D eigenvalue weighted by Crippen LogP contribution is 2.18. The first-order valence-corrected chi connectivity index (χ1v) is 6.90. The van der Waals surface area contributed by atoms with Crippen molar-refractivity contribution in [2.75, 3.05) is 25.6 Å². The minimum atomic E-state index is 0.00443. The van der Waals surface area contributed by atoms with E-state index in [4.69, 9.17) is 10.5 Å². The van der Waals surface area contributed by atoms with E-state index in [-0.39, 0.29) is 6.04 Å². The van der Waals surface area contributed by atoms with Crippen LogP contribution in [0.15, 0.2) is 54.6 Å². The number of hydrogen-bond donors (Lipinski definition) is 2. The Balaban J connectivity index is 2.02. The van der Waals surface area contributed by atoms with E-state index < -0.39 is 0 Å². The number of methoxy groups -OCH3 is 1. The van der Waals surface area contributed by atoms with Gasteiger partial charge >= 0.3 is 0 Å². The maximum absolute atomic E-state index is 5.95. The lowest BCUT2D eigenvalue weighted by molar-refractivity contribution is 0.183. The summed E-state index contributed by atoms with van der Waals surface area (Å²) >= 11 is 0. The minimum absolute atomic E-state index is 0.00443. The van der Waals surface area contributed by atoms with E-state index in [1.807, 2.05) is 12.1 Å². The molecule has 0 aromatic heterocycles. The average Bonchev–Trinajstić information content (AvgIpc) is 2.48. The maximum atomic E-state index is 5.95. The van der Waals surface area contributed by atoms with E-state index in [2.05, 4.69) is 47.8 Å². The Kier molecular flexibility index (Phi) is 5.59. The lowest BCUT2D eigenvalue weighted by Crippen LogP contribution is -2.33. The van der Waals surface area contributed by atoms with E-state index >= 15 is 0 Å². The molecule has 1 atom stereocenters. The molecule has 2 aromatic carbocycles. The van der Waals surface area contributed by atoms with E-state index in [1.54, 1.807) is 7.11 Å². The largest absolute Gasteiger partial charge is 0.383 e. The maximum Gasteiger partial charge on any atom is 0.0630 e. The normalized spacial score (nSPS) is 12.1. The molecule has 0 bridgehead atoms. The molecule has 0 spiro atoms. The Morgan fingerprint density at radius 3 is 2.50 bits per heavy atom. The summed E-state index contributed by atoms with van der Waals surface area (Å²) in [6.45, 7) is 1.27. The molecule has 0 saturated heterocycles. The van der Waals surface area contributed by atoms with Gasteiger partial charge in [0.05, 0.1) is 6.61 Å². The smallest absolute Gasteiger partial charge is 0.0630 e. The van der Waals surface area contributed by atoms with Gasteiger partial charge in [0.25, 0.3) is 0 Å². The van der Waals surface area contributed by atoms with Crippen LogP contribution in [-0.2, 0) is 11.2 Å². The van der Waals surface area contributed by atoms with Gasteiger partial charge in [0.15, 0.2) is 0 Å². The van der Waals surface area contributed by atoms with Crippen molar-refractivity contribution in [2.24, 2.45) is 5.73 Å². The molecule has 106 valence electrons. The highest BCUT2D eigenvalue weighted by atomic mass is 16.5. The van der Waals surface area contributed by atoms with Crippen LogP contribution in [0, 0.1) is 0 Å². The van der Waals surface area contributed by atoms with E-state index in [1.165, 1.54) is 11.1 Å². The summed E-state index contributed by atoms with van der Waals surface area (Å²) in [4.78, 5) is 0. The molecule has 0 heterocycles. The van der Waals surface area contributed by atoms with Gasteiger partial charge in [-0.3, -0.25) is 0 Å². The van der Waals surface area contributed by atoms with Gasteiger partial charge < -0.3 is 15.8 Å². The lowest BCUT2D eigenvalue weighted by atomic mass is 10.0. The SMILES string of the molecule is COCC(N)CNc1ccccc1Cc1ccccc1. The zero-order valence-electron chi connectivity index (χ0n) is 11.9. The van der Waals surface area contributed by atoms with Gasteiger partial charge in [-0.25, -0.2) is 0 Å². The van der Waals surface area contributed by atoms with Crippen molar-refractivity contribution in [1.82, 2.24) is 0 Å². The standard InChI is InChI=1S/C17H22N2O/c1-20-13-16(18)12-19-17-10-6-5-9-15(17)11-14-7-3-2-4-8-14/h2-10,16,19H,11-13,18H2,1H3. The van der Waals surface area contributed by atoms with E-state index in [0.717, 1.165) is 12.1 Å². The number of anilines is 1. The summed E-state index contributed by atoms with van der Waals surface area (Å²) in [5, 5.41) is 3.41. The third-order valence-electron chi connectivity index (χ3n) is 3.19. The zero-order valence-corrected chi connectivity index (χ0v) is 11.9. The van der Waals surface area contributed by atoms with Crippen molar-refractivity contribution < 1.29 is 4.74 Å². The van der Waals surface area contributed by atoms with Crippen molar-refractivity contribution in [3.8, 4) is 0 Å². The van der Waals surface area contributed by atoms with Crippen molar-refractivity contribution in [3.63, 3.8) is 0 Å². The topological polar surface area (TPSA) is 47.3 Å².